The predicted octanol–water partition coefficient (Wildman–Crippen LogP) is 6.41. The van der Waals surface area contributed by atoms with Crippen LogP contribution in [-0.4, -0.2) is 82.0 Å². The minimum absolute atomic E-state index is 0.208. The largest absolute Gasteiger partial charge is 0.882 e. The van der Waals surface area contributed by atoms with Crippen LogP contribution < -0.4 is 0 Å². The minimum Gasteiger partial charge on any atom is -0.501 e. The van der Waals surface area contributed by atoms with Gasteiger partial charge in [0, 0.05) is 36.5 Å². The summed E-state index contributed by atoms with van der Waals surface area (Å²) in [6, 6.07) is 2.72. The monoisotopic (exact) mass is 580 g/mol. The van der Waals surface area contributed by atoms with E-state index in [0.29, 0.717) is 0 Å². The standard InChI is InChI=1S/C16H46O2Si8.C3H7O.Al/c1-21(2,3)25(13,22(4,5)6)19(17)15-16-20(18)26(14,23(7,8)9)24(10,11)12;1-3(2)4;/h15-16H2,1-14H3;3H,1-2H3;/q-2;-1;+3. The van der Waals surface area contributed by atoms with Crippen LogP contribution in [0.2, 0.25) is 104 Å². The molecule has 0 saturated carbocycles. The average Bonchev–Trinajstić information content (AvgIpc) is 2.71. The zero-order chi connectivity index (χ0) is 24.8. The Morgan fingerprint density at radius 3 is 1.03 bits per heavy atom. The fourth-order valence-corrected chi connectivity index (χ4v) is 139. The predicted molar refractivity (Wildman–Crippen MR) is 162 cm³/mol. The van der Waals surface area contributed by atoms with Gasteiger partial charge in [0.1, 0.15) is 0 Å². The van der Waals surface area contributed by atoms with Crippen molar-refractivity contribution >= 4 is 75.9 Å². The van der Waals surface area contributed by atoms with Gasteiger partial charge in [0.15, 0.2) is 17.1 Å². The van der Waals surface area contributed by atoms with Crippen molar-refractivity contribution in [2.45, 2.75) is 124 Å². The maximum atomic E-state index is 7.20. The molecule has 0 aromatic carbocycles. The van der Waals surface area contributed by atoms with Gasteiger partial charge in [-0.3, -0.25) is 0 Å². The third-order valence-corrected chi connectivity index (χ3v) is 140. The highest BCUT2D eigenvalue weighted by molar-refractivity contribution is 7.87. The molecule has 182 valence electrons. The molecular formula is C19H53AlO3Si8. The molecule has 0 aromatic rings. The molecule has 0 atom stereocenters. The van der Waals surface area contributed by atoms with Gasteiger partial charge in [0.25, 0.3) is 0 Å². The molecule has 31 heavy (non-hydrogen) atoms. The third kappa shape index (κ3) is 6.48. The Bertz CT molecular complexity index is 531. The Kier molecular flexibility index (Phi) is 10.3. The van der Waals surface area contributed by atoms with Crippen LogP contribution in [0.4, 0.5) is 0 Å². The average molecular weight is 581 g/mol. The quantitative estimate of drug-likeness (QED) is 0.311. The minimum atomic E-state index is -2.08. The molecule has 1 fully saturated rings. The van der Waals surface area contributed by atoms with Gasteiger partial charge in [0.05, 0.1) is 13.3 Å². The molecule has 1 aliphatic heterocycles. The van der Waals surface area contributed by atoms with Crippen LogP contribution in [0.25, 0.3) is 0 Å². The van der Waals surface area contributed by atoms with Gasteiger partial charge < -0.3 is 10.7 Å². The Hall–Kier alpha value is 2.15. The van der Waals surface area contributed by atoms with E-state index < -0.39 is 75.9 Å². The van der Waals surface area contributed by atoms with E-state index in [2.05, 4.69) is 106 Å². The van der Waals surface area contributed by atoms with Gasteiger partial charge in [0.2, 0.25) is 0 Å². The van der Waals surface area contributed by atoms with Crippen molar-refractivity contribution in [3.05, 3.63) is 0 Å². The fourth-order valence-electron chi connectivity index (χ4n) is 5.54. The van der Waals surface area contributed by atoms with Gasteiger partial charge in [-0.15, -0.1) is 0 Å². The molecule has 1 heterocycles. The summed E-state index contributed by atoms with van der Waals surface area (Å²) in [5.74, 6) is 0. The molecule has 2 radical (unpaired) electrons. The van der Waals surface area contributed by atoms with Crippen LogP contribution in [0.3, 0.4) is 0 Å². The van der Waals surface area contributed by atoms with Crippen molar-refractivity contribution in [2.24, 2.45) is 0 Å². The Morgan fingerprint density at radius 1 is 0.581 bits per heavy atom. The lowest BCUT2D eigenvalue weighted by atomic mass is 10.5. The lowest BCUT2D eigenvalue weighted by Gasteiger charge is -2.52. The van der Waals surface area contributed by atoms with Crippen LogP contribution in [0.5, 0.6) is 0 Å². The molecular weight excluding hydrogens is 528 g/mol. The SMILES string of the molecule is CC(C)[O][Al]1[O][Si]([Si](C)([Si](C)(C)C)[Si](C)(C)C)CC[Si]([Si](C)([Si](C)(C)C)[Si](C)(C)C)[O]1. The van der Waals surface area contributed by atoms with Crippen molar-refractivity contribution in [1.82, 2.24) is 0 Å². The second kappa shape index (κ2) is 10.3. The molecule has 0 N–H and O–H groups in total. The van der Waals surface area contributed by atoms with E-state index in [1.165, 1.54) is 12.1 Å². The van der Waals surface area contributed by atoms with E-state index in [0.717, 1.165) is 0 Å². The fraction of sp³-hybridized carbons (Fsp3) is 1.00. The molecule has 3 nitrogen and oxygen atoms in total. The molecule has 0 unspecified atom stereocenters. The summed E-state index contributed by atoms with van der Waals surface area (Å²) in [5, 5.41) is 0. The summed E-state index contributed by atoms with van der Waals surface area (Å²) >= 11 is -2.08. The number of hydrogen-bond acceptors (Lipinski definition) is 3. The third-order valence-electron chi connectivity index (χ3n) is 8.55. The van der Waals surface area contributed by atoms with Crippen LogP contribution in [0, 0.1) is 0 Å². The molecule has 0 amide bonds. The first-order chi connectivity index (χ1) is 13.5. The first-order valence-corrected chi connectivity index (χ1v) is 41.9. The second-order valence-corrected chi connectivity index (χ2v) is 90.6. The van der Waals surface area contributed by atoms with E-state index in [4.69, 9.17) is 10.7 Å². The topological polar surface area (TPSA) is 27.7 Å². The van der Waals surface area contributed by atoms with E-state index in [1.807, 2.05) is 0 Å². The van der Waals surface area contributed by atoms with E-state index in [1.54, 1.807) is 0 Å². The van der Waals surface area contributed by atoms with Gasteiger partial charge >= 0.3 is 15.1 Å². The van der Waals surface area contributed by atoms with Crippen LogP contribution in [0.15, 0.2) is 0 Å². The Morgan fingerprint density at radius 2 is 0.839 bits per heavy atom. The molecule has 1 rings (SSSR count). The van der Waals surface area contributed by atoms with Crippen molar-refractivity contribution in [1.29, 1.82) is 0 Å². The van der Waals surface area contributed by atoms with Crippen molar-refractivity contribution in [3.63, 3.8) is 0 Å². The molecule has 0 aliphatic carbocycles. The molecule has 12 heteroatoms. The number of rotatable bonds is 8. The summed E-state index contributed by atoms with van der Waals surface area (Å²) in [7, 11) is -6.90. The maximum Gasteiger partial charge on any atom is 0.882 e. The Labute approximate surface area is 209 Å². The van der Waals surface area contributed by atoms with Crippen molar-refractivity contribution in [2.75, 3.05) is 0 Å². The first-order valence-electron chi connectivity index (χ1n) is 12.2. The van der Waals surface area contributed by atoms with Gasteiger partial charge in [-0.05, 0) is 25.9 Å². The van der Waals surface area contributed by atoms with E-state index in [-0.39, 0.29) is 6.10 Å². The van der Waals surface area contributed by atoms with Crippen LogP contribution in [-0.2, 0) is 10.7 Å². The van der Waals surface area contributed by atoms with Gasteiger partial charge in [-0.2, -0.15) is 0 Å². The van der Waals surface area contributed by atoms with Crippen LogP contribution >= 0.6 is 0 Å². The zero-order valence-corrected chi connectivity index (χ0v) is 32.9. The molecule has 0 bridgehead atoms. The normalized spacial score (nSPS) is 19.8. The number of hydrogen-bond donors (Lipinski definition) is 0. The summed E-state index contributed by atoms with van der Waals surface area (Å²) < 4.78 is 20.9. The highest BCUT2D eigenvalue weighted by atomic mass is 29.9. The van der Waals surface area contributed by atoms with E-state index >= 15 is 0 Å². The zero-order valence-electron chi connectivity index (χ0n) is 23.8. The smallest absolute Gasteiger partial charge is 0.501 e. The summed E-state index contributed by atoms with van der Waals surface area (Å²) in [4.78, 5) is 0. The lowest BCUT2D eigenvalue weighted by molar-refractivity contribution is 0.158. The summed E-state index contributed by atoms with van der Waals surface area (Å²) in [6.45, 7) is 38.8. The van der Waals surface area contributed by atoms with E-state index in [9.17, 15) is 0 Å². The highest BCUT2D eigenvalue weighted by Crippen LogP contribution is 2.39. The van der Waals surface area contributed by atoms with Gasteiger partial charge in [-0.1, -0.05) is 91.7 Å². The van der Waals surface area contributed by atoms with Crippen molar-refractivity contribution < 1.29 is 10.7 Å². The molecule has 1 aliphatic rings. The summed E-state index contributed by atoms with van der Waals surface area (Å²) in [6.07, 6.45) is 0.208. The summed E-state index contributed by atoms with van der Waals surface area (Å²) in [5.41, 5.74) is 0. The first kappa shape index (κ1) is 31.2. The molecule has 0 aromatic heterocycles. The second-order valence-electron chi connectivity index (χ2n) is 14.3. The van der Waals surface area contributed by atoms with Crippen LogP contribution in [0.1, 0.15) is 13.8 Å². The highest BCUT2D eigenvalue weighted by Gasteiger charge is 2.63. The molecule has 0 spiro atoms. The molecule has 1 saturated heterocycles. The van der Waals surface area contributed by atoms with Crippen molar-refractivity contribution in [3.8, 4) is 0 Å². The Balaban J connectivity index is 3.54. The lowest BCUT2D eigenvalue weighted by Crippen LogP contribution is -2.78. The van der Waals surface area contributed by atoms with Gasteiger partial charge in [-0.25, -0.2) is 0 Å². The maximum absolute atomic E-state index is 7.20.